The van der Waals surface area contributed by atoms with Crippen LogP contribution in [0.4, 0.5) is 0 Å². The van der Waals surface area contributed by atoms with Crippen LogP contribution in [0, 0.1) is 0 Å². The molecule has 90 valence electrons. The highest BCUT2D eigenvalue weighted by molar-refractivity contribution is 5.69. The van der Waals surface area contributed by atoms with Gasteiger partial charge in [0.15, 0.2) is 0 Å². The van der Waals surface area contributed by atoms with Crippen LogP contribution in [0.25, 0.3) is 5.57 Å². The number of hydrogen-bond donors (Lipinski definition) is 1. The fourth-order valence-electron chi connectivity index (χ4n) is 2.30. The van der Waals surface area contributed by atoms with Gasteiger partial charge in [0.1, 0.15) is 0 Å². The third kappa shape index (κ3) is 3.05. The molecule has 1 aromatic carbocycles. The second-order valence-corrected chi connectivity index (χ2v) is 4.94. The maximum Gasteiger partial charge on any atom is 0.0997 e. The van der Waals surface area contributed by atoms with Crippen molar-refractivity contribution in [3.63, 3.8) is 0 Å². The van der Waals surface area contributed by atoms with E-state index in [9.17, 15) is 5.11 Å². The highest BCUT2D eigenvalue weighted by atomic mass is 16.3. The van der Waals surface area contributed by atoms with E-state index in [2.05, 4.69) is 18.2 Å². The van der Waals surface area contributed by atoms with Crippen molar-refractivity contribution in [3.8, 4) is 0 Å². The molecule has 0 aliphatic heterocycles. The van der Waals surface area contributed by atoms with E-state index in [1.54, 1.807) is 0 Å². The lowest BCUT2D eigenvalue weighted by molar-refractivity contribution is 0.0657. The van der Waals surface area contributed by atoms with E-state index in [-0.39, 0.29) is 0 Å². The molecule has 1 aromatic rings. The first-order valence-corrected chi connectivity index (χ1v) is 5.90. The Morgan fingerprint density at radius 3 is 2.59 bits per heavy atom. The molecule has 1 unspecified atom stereocenters. The molecular weight excluding hydrogens is 210 g/mol. The molecule has 0 amide bonds. The molecule has 1 aliphatic rings. The topological polar surface area (TPSA) is 23.5 Å². The molecular formula is C15H19NO. The molecule has 0 saturated carbocycles. The molecule has 0 spiro atoms. The molecule has 0 heterocycles. The van der Waals surface area contributed by atoms with Crippen LogP contribution >= 0.6 is 0 Å². The van der Waals surface area contributed by atoms with Crippen molar-refractivity contribution in [2.45, 2.75) is 12.0 Å². The minimum Gasteiger partial charge on any atom is -0.384 e. The number of allylic oxidation sites excluding steroid dienone is 2. The molecule has 1 atom stereocenters. The van der Waals surface area contributed by atoms with Gasteiger partial charge >= 0.3 is 0 Å². The van der Waals surface area contributed by atoms with E-state index in [0.717, 1.165) is 0 Å². The second kappa shape index (κ2) is 4.86. The summed E-state index contributed by atoms with van der Waals surface area (Å²) >= 11 is 0. The van der Waals surface area contributed by atoms with Crippen molar-refractivity contribution in [2.75, 3.05) is 20.6 Å². The van der Waals surface area contributed by atoms with Crippen LogP contribution in [0.5, 0.6) is 0 Å². The first-order valence-electron chi connectivity index (χ1n) is 5.90. The van der Waals surface area contributed by atoms with Gasteiger partial charge in [-0.15, -0.1) is 0 Å². The molecule has 2 heteroatoms. The van der Waals surface area contributed by atoms with Gasteiger partial charge in [0, 0.05) is 13.0 Å². The summed E-state index contributed by atoms with van der Waals surface area (Å²) in [5.41, 5.74) is 1.63. The maximum atomic E-state index is 10.5. The summed E-state index contributed by atoms with van der Waals surface area (Å²) < 4.78 is 0. The molecule has 17 heavy (non-hydrogen) atoms. The van der Waals surface area contributed by atoms with E-state index >= 15 is 0 Å². The molecule has 0 saturated heterocycles. The standard InChI is InChI=1S/C15H19NO/c1-16(2)12-15(17)10-6-9-14(11-15)13-7-4-3-5-8-13/h3-10,17H,11-12H2,1-2H3. The first kappa shape index (κ1) is 12.1. The molecule has 0 aromatic heterocycles. The quantitative estimate of drug-likeness (QED) is 0.860. The Kier molecular flexibility index (Phi) is 3.46. The highest BCUT2D eigenvalue weighted by Crippen LogP contribution is 2.30. The Morgan fingerprint density at radius 1 is 1.24 bits per heavy atom. The van der Waals surface area contributed by atoms with Crippen LogP contribution in [0.1, 0.15) is 12.0 Å². The molecule has 2 nitrogen and oxygen atoms in total. The Labute approximate surface area is 103 Å². The van der Waals surface area contributed by atoms with Gasteiger partial charge < -0.3 is 10.0 Å². The zero-order chi connectivity index (χ0) is 12.3. The lowest BCUT2D eigenvalue weighted by Crippen LogP contribution is -2.39. The van der Waals surface area contributed by atoms with Crippen molar-refractivity contribution in [1.82, 2.24) is 4.90 Å². The predicted molar refractivity (Wildman–Crippen MR) is 71.7 cm³/mol. The van der Waals surface area contributed by atoms with E-state index in [0.29, 0.717) is 13.0 Å². The summed E-state index contributed by atoms with van der Waals surface area (Å²) in [6.45, 7) is 0.647. The van der Waals surface area contributed by atoms with Crippen LogP contribution in [-0.4, -0.2) is 36.2 Å². The molecule has 2 rings (SSSR count). The van der Waals surface area contributed by atoms with Crippen molar-refractivity contribution in [2.24, 2.45) is 0 Å². The number of aliphatic hydroxyl groups is 1. The summed E-state index contributed by atoms with van der Waals surface area (Å²) in [6.07, 6.45) is 6.60. The largest absolute Gasteiger partial charge is 0.384 e. The zero-order valence-corrected chi connectivity index (χ0v) is 10.4. The van der Waals surface area contributed by atoms with E-state index in [4.69, 9.17) is 0 Å². The van der Waals surface area contributed by atoms with Crippen LogP contribution in [0.2, 0.25) is 0 Å². The minimum absolute atomic E-state index is 0.647. The average molecular weight is 229 g/mol. The molecule has 1 aliphatic carbocycles. The SMILES string of the molecule is CN(C)CC1(O)C=CC=C(c2ccccc2)C1. The smallest absolute Gasteiger partial charge is 0.0997 e. The number of likely N-dealkylation sites (N-methyl/N-ethyl adjacent to an activating group) is 1. The summed E-state index contributed by atoms with van der Waals surface area (Å²) in [5.74, 6) is 0. The van der Waals surface area contributed by atoms with Crippen molar-refractivity contribution in [3.05, 3.63) is 54.1 Å². The lowest BCUT2D eigenvalue weighted by Gasteiger charge is -2.31. The first-order chi connectivity index (χ1) is 8.09. The third-order valence-corrected chi connectivity index (χ3v) is 2.94. The van der Waals surface area contributed by atoms with Gasteiger partial charge in [0.25, 0.3) is 0 Å². The van der Waals surface area contributed by atoms with Gasteiger partial charge in [0.05, 0.1) is 5.60 Å². The van der Waals surface area contributed by atoms with E-state index < -0.39 is 5.60 Å². The maximum absolute atomic E-state index is 10.5. The molecule has 0 radical (unpaired) electrons. The second-order valence-electron chi connectivity index (χ2n) is 4.94. The number of rotatable bonds is 3. The normalized spacial score (nSPS) is 23.9. The Hall–Kier alpha value is -1.38. The molecule has 0 fully saturated rings. The fraction of sp³-hybridized carbons (Fsp3) is 0.333. The van der Waals surface area contributed by atoms with Crippen molar-refractivity contribution in [1.29, 1.82) is 0 Å². The van der Waals surface area contributed by atoms with Crippen LogP contribution < -0.4 is 0 Å². The fourth-order valence-corrected chi connectivity index (χ4v) is 2.30. The zero-order valence-electron chi connectivity index (χ0n) is 10.4. The molecule has 1 N–H and O–H groups in total. The average Bonchev–Trinajstić information content (AvgIpc) is 2.28. The van der Waals surface area contributed by atoms with Gasteiger partial charge in [0.2, 0.25) is 0 Å². The predicted octanol–water partition coefficient (Wildman–Crippen LogP) is 2.32. The van der Waals surface area contributed by atoms with Crippen molar-refractivity contribution < 1.29 is 5.11 Å². The van der Waals surface area contributed by atoms with Gasteiger partial charge in [-0.2, -0.15) is 0 Å². The number of benzene rings is 1. The summed E-state index contributed by atoms with van der Waals surface area (Å²) in [6, 6.07) is 10.2. The monoisotopic (exact) mass is 229 g/mol. The number of nitrogens with zero attached hydrogens (tertiary/aromatic N) is 1. The van der Waals surface area contributed by atoms with Crippen LogP contribution in [0.3, 0.4) is 0 Å². The summed E-state index contributed by atoms with van der Waals surface area (Å²) in [7, 11) is 3.96. The summed E-state index contributed by atoms with van der Waals surface area (Å²) in [4.78, 5) is 2.01. The van der Waals surface area contributed by atoms with E-state index in [1.807, 2.05) is 49.3 Å². The highest BCUT2D eigenvalue weighted by Gasteiger charge is 2.28. The van der Waals surface area contributed by atoms with Gasteiger partial charge in [-0.3, -0.25) is 0 Å². The van der Waals surface area contributed by atoms with Crippen LogP contribution in [-0.2, 0) is 0 Å². The Morgan fingerprint density at radius 2 is 1.94 bits per heavy atom. The third-order valence-electron chi connectivity index (χ3n) is 2.94. The Bertz CT molecular complexity index is 433. The van der Waals surface area contributed by atoms with E-state index in [1.165, 1.54) is 11.1 Å². The molecule has 0 bridgehead atoms. The lowest BCUT2D eigenvalue weighted by atomic mass is 9.86. The van der Waals surface area contributed by atoms with Gasteiger partial charge in [-0.25, -0.2) is 0 Å². The number of hydrogen-bond acceptors (Lipinski definition) is 2. The van der Waals surface area contributed by atoms with Gasteiger partial charge in [-0.05, 0) is 25.2 Å². The van der Waals surface area contributed by atoms with Gasteiger partial charge in [-0.1, -0.05) is 48.6 Å². The minimum atomic E-state index is -0.747. The van der Waals surface area contributed by atoms with Crippen LogP contribution in [0.15, 0.2) is 48.6 Å². The van der Waals surface area contributed by atoms with Crippen molar-refractivity contribution >= 4 is 5.57 Å². The Balaban J connectivity index is 2.18. The summed E-state index contributed by atoms with van der Waals surface area (Å²) in [5, 5.41) is 10.5.